The van der Waals surface area contributed by atoms with E-state index in [4.69, 9.17) is 16.8 Å². The summed E-state index contributed by atoms with van der Waals surface area (Å²) in [6.07, 6.45) is 0. The highest BCUT2D eigenvalue weighted by Crippen LogP contribution is 2.19. The molecule has 0 unspecified atom stereocenters. The molecule has 1 aromatic carbocycles. The summed E-state index contributed by atoms with van der Waals surface area (Å²) in [6, 6.07) is 5.04. The summed E-state index contributed by atoms with van der Waals surface area (Å²) in [6.45, 7) is 5.05. The fourth-order valence-corrected chi connectivity index (χ4v) is 1.32. The van der Waals surface area contributed by atoms with Gasteiger partial charge >= 0.3 is 0 Å². The summed E-state index contributed by atoms with van der Waals surface area (Å²) in [5.74, 6) is -0.176. The molecule has 0 saturated carbocycles. The van der Waals surface area contributed by atoms with E-state index < -0.39 is 5.54 Å². The molecule has 0 saturated heterocycles. The lowest BCUT2D eigenvalue weighted by Gasteiger charge is -2.20. The Morgan fingerprint density at radius 1 is 1.47 bits per heavy atom. The molecule has 0 fully saturated rings. The normalized spacial score (nSPS) is 11.5. The Bertz CT molecular complexity index is 388. The van der Waals surface area contributed by atoms with Crippen molar-refractivity contribution in [2.45, 2.75) is 26.3 Å². The average molecular weight is 228 g/mol. The summed E-state index contributed by atoms with van der Waals surface area (Å²) >= 11 is 5.86. The maximum atomic E-state index is 11.9. The molecule has 1 aromatic rings. The summed E-state index contributed by atoms with van der Waals surface area (Å²) in [5.41, 5.74) is 2.38. The molecule has 15 heavy (non-hydrogen) atoms. The van der Waals surface area contributed by atoms with Crippen molar-refractivity contribution in [2.75, 3.05) is 0 Å². The van der Waals surface area contributed by atoms with Gasteiger partial charge in [0.1, 0.15) is 5.54 Å². The van der Waals surface area contributed by atoms with Crippen LogP contribution in [0.2, 0.25) is 5.02 Å². The molecular weight excluding hydrogens is 214 g/mol. The highest BCUT2D eigenvalue weighted by Gasteiger charge is 2.27. The van der Waals surface area contributed by atoms with E-state index in [1.807, 2.05) is 12.4 Å². The van der Waals surface area contributed by atoms with Crippen LogP contribution >= 0.6 is 11.6 Å². The Labute approximate surface area is 94.0 Å². The number of benzene rings is 1. The molecule has 82 valence electrons. The summed E-state index contributed by atoms with van der Waals surface area (Å²) in [7, 11) is 0. The lowest BCUT2D eigenvalue weighted by Crippen LogP contribution is -2.44. The molecule has 4 heteroatoms. The van der Waals surface area contributed by atoms with Crippen LogP contribution in [0.25, 0.3) is 0 Å². The smallest absolute Gasteiger partial charge is 0.184 e. The first-order valence-electron chi connectivity index (χ1n) is 4.60. The molecule has 0 spiro atoms. The Hall–Kier alpha value is -0.900. The van der Waals surface area contributed by atoms with Gasteiger partial charge in [-0.3, -0.25) is 4.79 Å². The van der Waals surface area contributed by atoms with Gasteiger partial charge in [0.25, 0.3) is 0 Å². The van der Waals surface area contributed by atoms with E-state index in [1.54, 1.807) is 32.0 Å². The molecule has 0 radical (unpaired) electrons. The average Bonchev–Trinajstić information content (AvgIpc) is 2.21. The fourth-order valence-electron chi connectivity index (χ4n) is 1.20. The Balaban J connectivity index is 3.08. The van der Waals surface area contributed by atoms with E-state index in [0.29, 0.717) is 10.6 Å². The maximum Gasteiger partial charge on any atom is 0.184 e. The number of carbonyl (C=O) groups excluding carboxylic acids is 1. The predicted molar refractivity (Wildman–Crippen MR) is 59.5 cm³/mol. The molecule has 0 atom stereocenters. The lowest BCUT2D eigenvalue weighted by molar-refractivity contribution is 0.0569. The third-order valence-electron chi connectivity index (χ3n) is 2.27. The minimum Gasteiger partial charge on any atom is -0.316 e. The quantitative estimate of drug-likeness (QED) is 0.617. The maximum absolute atomic E-state index is 11.9. The molecule has 0 aliphatic rings. The summed E-state index contributed by atoms with van der Waals surface area (Å²) in [5, 5.41) is 9.48. The number of aryl methyl sites for hydroxylation is 1. The van der Waals surface area contributed by atoms with Gasteiger partial charge in [-0.05, 0) is 44.5 Å². The zero-order valence-electron chi connectivity index (χ0n) is 8.97. The molecule has 0 aliphatic carbocycles. The molecule has 2 N–H and O–H groups in total. The van der Waals surface area contributed by atoms with Gasteiger partial charge in [0.05, 0.1) is 0 Å². The number of Topliss-reactive ketones (excluding diaryl/α,β-unsaturated/α-hetero) is 1. The number of halogens is 1. The first-order valence-corrected chi connectivity index (χ1v) is 4.98. The molecular formula is C11H14ClNO2. The van der Waals surface area contributed by atoms with Crippen molar-refractivity contribution in [1.82, 2.24) is 5.48 Å². The van der Waals surface area contributed by atoms with Gasteiger partial charge in [-0.15, -0.1) is 0 Å². The SMILES string of the molecule is Cc1cc(C(=O)C(C)(C)NO)ccc1Cl. The Kier molecular flexibility index (Phi) is 3.50. The van der Waals surface area contributed by atoms with E-state index in [9.17, 15) is 4.79 Å². The van der Waals surface area contributed by atoms with Gasteiger partial charge < -0.3 is 5.21 Å². The number of hydrogen-bond donors (Lipinski definition) is 2. The molecule has 3 nitrogen and oxygen atoms in total. The number of carbonyl (C=O) groups is 1. The summed E-state index contributed by atoms with van der Waals surface area (Å²) in [4.78, 5) is 11.9. The third kappa shape index (κ3) is 2.56. The predicted octanol–water partition coefficient (Wildman–Crippen LogP) is 2.59. The minimum absolute atomic E-state index is 0.176. The van der Waals surface area contributed by atoms with Gasteiger partial charge in [0.15, 0.2) is 5.78 Å². The second-order valence-corrected chi connectivity index (χ2v) is 4.44. The highest BCUT2D eigenvalue weighted by molar-refractivity contribution is 6.31. The number of hydroxylamine groups is 1. The number of ketones is 1. The van der Waals surface area contributed by atoms with Crippen molar-refractivity contribution in [1.29, 1.82) is 0 Å². The van der Waals surface area contributed by atoms with E-state index in [-0.39, 0.29) is 5.78 Å². The third-order valence-corrected chi connectivity index (χ3v) is 2.69. The number of nitrogens with one attached hydrogen (secondary N) is 1. The summed E-state index contributed by atoms with van der Waals surface area (Å²) < 4.78 is 0. The Morgan fingerprint density at radius 2 is 2.07 bits per heavy atom. The Morgan fingerprint density at radius 3 is 2.53 bits per heavy atom. The van der Waals surface area contributed by atoms with Crippen molar-refractivity contribution in [3.63, 3.8) is 0 Å². The molecule has 0 aromatic heterocycles. The van der Waals surface area contributed by atoms with Gasteiger partial charge in [-0.25, -0.2) is 0 Å². The van der Waals surface area contributed by atoms with Crippen molar-refractivity contribution in [2.24, 2.45) is 0 Å². The number of rotatable bonds is 3. The fraction of sp³-hybridized carbons (Fsp3) is 0.364. The van der Waals surface area contributed by atoms with Crippen LogP contribution < -0.4 is 5.48 Å². The van der Waals surface area contributed by atoms with Crippen LogP contribution in [0.5, 0.6) is 0 Å². The largest absolute Gasteiger partial charge is 0.316 e. The van der Waals surface area contributed by atoms with Crippen LogP contribution in [0.1, 0.15) is 29.8 Å². The molecule has 0 heterocycles. The van der Waals surface area contributed by atoms with Crippen molar-refractivity contribution >= 4 is 17.4 Å². The zero-order valence-corrected chi connectivity index (χ0v) is 9.72. The van der Waals surface area contributed by atoms with Crippen LogP contribution in [-0.4, -0.2) is 16.5 Å². The van der Waals surface area contributed by atoms with Gasteiger partial charge in [-0.1, -0.05) is 11.6 Å². The van der Waals surface area contributed by atoms with E-state index in [1.165, 1.54) is 0 Å². The standard InChI is InChI=1S/C11H14ClNO2/c1-7-6-8(4-5-9(7)12)10(14)11(2,3)13-15/h4-6,13,15H,1-3H3. The van der Waals surface area contributed by atoms with Crippen LogP contribution in [0, 0.1) is 6.92 Å². The van der Waals surface area contributed by atoms with E-state index in [0.717, 1.165) is 5.56 Å². The zero-order chi connectivity index (χ0) is 11.6. The second kappa shape index (κ2) is 4.31. The molecule has 0 aliphatic heterocycles. The van der Waals surface area contributed by atoms with Gasteiger partial charge in [-0.2, -0.15) is 5.48 Å². The van der Waals surface area contributed by atoms with Crippen LogP contribution in [-0.2, 0) is 0 Å². The highest BCUT2D eigenvalue weighted by atomic mass is 35.5. The van der Waals surface area contributed by atoms with Crippen LogP contribution in [0.3, 0.4) is 0 Å². The van der Waals surface area contributed by atoms with Crippen molar-refractivity contribution in [3.8, 4) is 0 Å². The minimum atomic E-state index is -0.986. The molecule has 1 rings (SSSR count). The molecule has 0 amide bonds. The van der Waals surface area contributed by atoms with Crippen molar-refractivity contribution < 1.29 is 10.0 Å². The van der Waals surface area contributed by atoms with E-state index in [2.05, 4.69) is 0 Å². The monoisotopic (exact) mass is 227 g/mol. The lowest BCUT2D eigenvalue weighted by atomic mass is 9.93. The number of hydrogen-bond acceptors (Lipinski definition) is 3. The van der Waals surface area contributed by atoms with Crippen molar-refractivity contribution in [3.05, 3.63) is 34.3 Å². The molecule has 0 bridgehead atoms. The topological polar surface area (TPSA) is 49.3 Å². The van der Waals surface area contributed by atoms with E-state index >= 15 is 0 Å². The van der Waals surface area contributed by atoms with Crippen LogP contribution in [0.15, 0.2) is 18.2 Å². The van der Waals surface area contributed by atoms with Crippen LogP contribution in [0.4, 0.5) is 0 Å². The first kappa shape index (κ1) is 12.2. The van der Waals surface area contributed by atoms with Gasteiger partial charge in [0, 0.05) is 10.6 Å². The second-order valence-electron chi connectivity index (χ2n) is 4.03. The van der Waals surface area contributed by atoms with Gasteiger partial charge in [0.2, 0.25) is 0 Å². The first-order chi connectivity index (χ1) is 6.88.